The van der Waals surface area contributed by atoms with Gasteiger partial charge in [-0.1, -0.05) is 272 Å². The van der Waals surface area contributed by atoms with E-state index in [0.29, 0.717) is 0 Å². The molecular weight excluding hydrogens is 813 g/mol. The summed E-state index contributed by atoms with van der Waals surface area (Å²) in [4.78, 5) is 11.6. The van der Waals surface area contributed by atoms with Crippen LogP contribution in [0.5, 0.6) is 0 Å². The van der Waals surface area contributed by atoms with Gasteiger partial charge in [-0.05, 0) is 110 Å². The quantitative estimate of drug-likeness (QED) is 0.0563. The summed E-state index contributed by atoms with van der Waals surface area (Å²) < 4.78 is 0. The molecule has 4 heteroatoms. The summed E-state index contributed by atoms with van der Waals surface area (Å²) in [5.74, 6) is 0.945. The maximum absolute atomic E-state index is 2.93. The molecule has 67 heavy (non-hydrogen) atoms. The third kappa shape index (κ3) is 45.4. The minimum absolute atomic E-state index is 0.945. The van der Waals surface area contributed by atoms with Crippen molar-refractivity contribution >= 4 is 0 Å². The van der Waals surface area contributed by atoms with Gasteiger partial charge in [0.15, 0.2) is 0 Å². The van der Waals surface area contributed by atoms with Gasteiger partial charge in [0.2, 0.25) is 0 Å². The molecule has 1 fully saturated rings. The molecule has 0 aliphatic carbocycles. The monoisotopic (exact) mass is 943 g/mol. The van der Waals surface area contributed by atoms with Gasteiger partial charge < -0.3 is 19.6 Å². The zero-order chi connectivity index (χ0) is 48.2. The topological polar surface area (TPSA) is 13.0 Å². The zero-order valence-electron chi connectivity index (χ0n) is 47.7. The molecule has 0 amide bonds. The molecule has 4 nitrogen and oxygen atoms in total. The number of unbranched alkanes of at least 4 members (excludes halogenated alkanes) is 37. The van der Waals surface area contributed by atoms with E-state index < -0.39 is 0 Å². The molecule has 0 radical (unpaired) electrons. The van der Waals surface area contributed by atoms with E-state index in [4.69, 9.17) is 0 Å². The molecule has 0 atom stereocenters. The van der Waals surface area contributed by atoms with Gasteiger partial charge in [-0.15, -0.1) is 0 Å². The van der Waals surface area contributed by atoms with Crippen LogP contribution in [0.2, 0.25) is 0 Å². The second-order valence-corrected chi connectivity index (χ2v) is 22.7. The third-order valence-electron chi connectivity index (χ3n) is 16.2. The smallest absolute Gasteiger partial charge is 0.0110 e. The van der Waals surface area contributed by atoms with Crippen LogP contribution in [0.4, 0.5) is 0 Å². The van der Waals surface area contributed by atoms with E-state index in [2.05, 4.69) is 54.2 Å². The van der Waals surface area contributed by atoms with Crippen LogP contribution in [0, 0.1) is 5.92 Å². The largest absolute Gasteiger partial charge is 0.303 e. The number of rotatable bonds is 56. The van der Waals surface area contributed by atoms with E-state index >= 15 is 0 Å². The molecule has 1 aliphatic heterocycles. The fourth-order valence-electron chi connectivity index (χ4n) is 11.1. The maximum atomic E-state index is 2.93. The Bertz CT molecular complexity index is 862. The predicted octanol–water partition coefficient (Wildman–Crippen LogP) is 19.5. The SMILES string of the molecule is CCCCCCCCCCCCN(CCCCCCCCCCCC)CCN(CCCCCCCCCCCC)CCN1CCC(CCN(CCCCCCCC)CCCCCCCC)CC1. The van der Waals surface area contributed by atoms with Crippen LogP contribution in [0.3, 0.4) is 0 Å². The Morgan fingerprint density at radius 1 is 0.254 bits per heavy atom. The summed E-state index contributed by atoms with van der Waals surface area (Å²) in [6.07, 6.45) is 64.7. The van der Waals surface area contributed by atoms with E-state index in [1.807, 2.05) is 0 Å². The van der Waals surface area contributed by atoms with Gasteiger partial charge in [-0.2, -0.15) is 0 Å². The summed E-state index contributed by atoms with van der Waals surface area (Å²) >= 11 is 0. The normalized spacial score (nSPS) is 14.0. The van der Waals surface area contributed by atoms with E-state index in [-0.39, 0.29) is 0 Å². The van der Waals surface area contributed by atoms with Crippen molar-refractivity contribution in [3.63, 3.8) is 0 Å². The first-order valence-electron chi connectivity index (χ1n) is 32.1. The van der Waals surface area contributed by atoms with Crippen LogP contribution in [0.1, 0.15) is 324 Å². The second-order valence-electron chi connectivity index (χ2n) is 22.7. The van der Waals surface area contributed by atoms with Crippen LogP contribution < -0.4 is 0 Å². The van der Waals surface area contributed by atoms with Gasteiger partial charge in [-0.25, -0.2) is 0 Å². The van der Waals surface area contributed by atoms with Gasteiger partial charge in [0, 0.05) is 26.2 Å². The Balaban J connectivity index is 2.70. The number of hydrogen-bond acceptors (Lipinski definition) is 4. The molecule has 0 N–H and O–H groups in total. The summed E-state index contributed by atoms with van der Waals surface area (Å²) in [5, 5.41) is 0. The lowest BCUT2D eigenvalue weighted by Gasteiger charge is -2.35. The first-order valence-corrected chi connectivity index (χ1v) is 32.1. The maximum Gasteiger partial charge on any atom is 0.0110 e. The van der Waals surface area contributed by atoms with Crippen molar-refractivity contribution in [2.45, 2.75) is 324 Å². The van der Waals surface area contributed by atoms with Crippen molar-refractivity contribution in [1.82, 2.24) is 19.6 Å². The highest BCUT2D eigenvalue weighted by molar-refractivity contribution is 4.76. The molecule has 0 aromatic heterocycles. The molecule has 0 unspecified atom stereocenters. The first-order chi connectivity index (χ1) is 33.2. The number of likely N-dealkylation sites (tertiary alicyclic amines) is 1. The van der Waals surface area contributed by atoms with Crippen LogP contribution in [0.15, 0.2) is 0 Å². The molecule has 0 aromatic rings. The summed E-state index contributed by atoms with van der Waals surface area (Å²) in [6.45, 7) is 27.6. The van der Waals surface area contributed by atoms with Crippen molar-refractivity contribution < 1.29 is 0 Å². The lowest BCUT2D eigenvalue weighted by Crippen LogP contribution is -2.43. The van der Waals surface area contributed by atoms with Crippen molar-refractivity contribution in [2.75, 3.05) is 78.5 Å². The highest BCUT2D eigenvalue weighted by Gasteiger charge is 2.21. The average Bonchev–Trinajstić information content (AvgIpc) is 3.34. The Labute approximate surface area is 425 Å². The fourth-order valence-corrected chi connectivity index (χ4v) is 11.1. The number of nitrogens with zero attached hydrogens (tertiary/aromatic N) is 4. The predicted molar refractivity (Wildman–Crippen MR) is 305 cm³/mol. The summed E-state index contributed by atoms with van der Waals surface area (Å²) in [7, 11) is 0. The molecule has 402 valence electrons. The van der Waals surface area contributed by atoms with Crippen molar-refractivity contribution in [1.29, 1.82) is 0 Å². The molecule has 0 aromatic carbocycles. The molecular formula is C63H130N4. The minimum atomic E-state index is 0.945. The van der Waals surface area contributed by atoms with Crippen LogP contribution in [-0.2, 0) is 0 Å². The molecule has 0 saturated carbocycles. The lowest BCUT2D eigenvalue weighted by molar-refractivity contribution is 0.134. The van der Waals surface area contributed by atoms with Gasteiger partial charge in [0.1, 0.15) is 0 Å². The third-order valence-corrected chi connectivity index (χ3v) is 16.2. The van der Waals surface area contributed by atoms with Gasteiger partial charge >= 0.3 is 0 Å². The highest BCUT2D eigenvalue weighted by Crippen LogP contribution is 2.22. The Morgan fingerprint density at radius 2 is 0.478 bits per heavy atom. The number of hydrogen-bond donors (Lipinski definition) is 0. The van der Waals surface area contributed by atoms with E-state index in [0.717, 1.165) is 5.92 Å². The zero-order valence-corrected chi connectivity index (χ0v) is 47.7. The Morgan fingerprint density at radius 3 is 0.746 bits per heavy atom. The highest BCUT2D eigenvalue weighted by atomic mass is 15.2. The molecule has 0 spiro atoms. The van der Waals surface area contributed by atoms with Gasteiger partial charge in [0.05, 0.1) is 0 Å². The average molecular weight is 944 g/mol. The van der Waals surface area contributed by atoms with Crippen LogP contribution >= 0.6 is 0 Å². The van der Waals surface area contributed by atoms with Crippen molar-refractivity contribution in [3.8, 4) is 0 Å². The van der Waals surface area contributed by atoms with Crippen LogP contribution in [-0.4, -0.2) is 98.1 Å². The molecule has 0 bridgehead atoms. The van der Waals surface area contributed by atoms with Gasteiger partial charge in [0.25, 0.3) is 0 Å². The fraction of sp³-hybridized carbons (Fsp3) is 1.00. The molecule has 1 rings (SSSR count). The second kappa shape index (κ2) is 53.6. The number of piperidine rings is 1. The van der Waals surface area contributed by atoms with E-state index in [9.17, 15) is 0 Å². The van der Waals surface area contributed by atoms with E-state index in [1.165, 1.54) is 367 Å². The first kappa shape index (κ1) is 64.9. The Kier molecular flexibility index (Phi) is 51.9. The van der Waals surface area contributed by atoms with Gasteiger partial charge in [-0.3, -0.25) is 0 Å². The van der Waals surface area contributed by atoms with Crippen LogP contribution in [0.25, 0.3) is 0 Å². The van der Waals surface area contributed by atoms with E-state index in [1.54, 1.807) is 0 Å². The van der Waals surface area contributed by atoms with Crippen molar-refractivity contribution in [3.05, 3.63) is 0 Å². The summed E-state index contributed by atoms with van der Waals surface area (Å²) in [6, 6.07) is 0. The Hall–Kier alpha value is -0.160. The molecule has 1 heterocycles. The minimum Gasteiger partial charge on any atom is -0.303 e. The molecule has 1 saturated heterocycles. The van der Waals surface area contributed by atoms with Crippen molar-refractivity contribution in [2.24, 2.45) is 5.92 Å². The lowest BCUT2D eigenvalue weighted by atomic mass is 9.93. The summed E-state index contributed by atoms with van der Waals surface area (Å²) in [5.41, 5.74) is 0. The standard InChI is InChI=1S/C63H130N4/c1-6-11-16-21-26-29-32-35-40-45-53-65(54-46-41-36-33-30-27-22-17-12-7-2)59-60-66(55-47-42-37-34-31-28-23-18-13-8-3)61-62-67-57-49-63(50-58-67)48-56-64(51-43-38-24-19-14-9-4)52-44-39-25-20-15-10-5/h63H,6-62H2,1-5H3. The molecule has 1 aliphatic rings.